The molecule has 87 heavy (non-hydrogen) atoms. The number of ketones is 1. The van der Waals surface area contributed by atoms with Crippen molar-refractivity contribution in [2.75, 3.05) is 32.1 Å². The summed E-state index contributed by atoms with van der Waals surface area (Å²) in [6.07, 6.45) is -3.20. The second-order valence-corrected chi connectivity index (χ2v) is 26.2. The molecule has 8 aromatic rings. The Balaban J connectivity index is 1.04. The molecule has 31 heteroatoms. The molecule has 25 nitrogen and oxygen atoms in total. The van der Waals surface area contributed by atoms with Crippen LogP contribution < -0.4 is 26.2 Å². The number of carboxylic acids is 2. The van der Waals surface area contributed by atoms with E-state index < -0.39 is 90.9 Å². The van der Waals surface area contributed by atoms with Crippen molar-refractivity contribution >= 4 is 121 Å². The van der Waals surface area contributed by atoms with Gasteiger partial charge in [-0.25, -0.2) is 44.6 Å². The van der Waals surface area contributed by atoms with Gasteiger partial charge < -0.3 is 46.1 Å². The number of Topliss-reactive ketones (excluding diaryl/α,β-unsaturated/α-hetero) is 1. The molecule has 8 heterocycles. The number of aliphatic hydroxyl groups is 1. The first-order chi connectivity index (χ1) is 41.7. The van der Waals surface area contributed by atoms with Gasteiger partial charge in [0.2, 0.25) is 11.8 Å². The monoisotopic (exact) mass is 1290 g/mol. The van der Waals surface area contributed by atoms with Gasteiger partial charge in [-0.15, -0.1) is 68.0 Å². The quantitative estimate of drug-likeness (QED) is 0.0573. The van der Waals surface area contributed by atoms with E-state index >= 15 is 0 Å². The highest BCUT2D eigenvalue weighted by molar-refractivity contribution is 7.15. The van der Waals surface area contributed by atoms with Crippen LogP contribution in [0.15, 0.2) is 64.0 Å². The van der Waals surface area contributed by atoms with Crippen LogP contribution >= 0.6 is 68.0 Å². The molecule has 1 aliphatic heterocycles. The van der Waals surface area contributed by atoms with E-state index in [1.54, 1.807) is 60.1 Å². The summed E-state index contributed by atoms with van der Waals surface area (Å²) < 4.78 is 10.9. The Morgan fingerprint density at radius 3 is 2.17 bits per heavy atom. The van der Waals surface area contributed by atoms with Crippen molar-refractivity contribution in [3.05, 3.63) is 111 Å². The number of carboxylic acid groups (broad SMARTS) is 2. The lowest BCUT2D eigenvalue weighted by Crippen LogP contribution is -2.43. The summed E-state index contributed by atoms with van der Waals surface area (Å²) in [5.74, 6) is -6.51. The topological polar surface area (TPSA) is 357 Å². The van der Waals surface area contributed by atoms with E-state index in [-0.39, 0.29) is 83.3 Å². The summed E-state index contributed by atoms with van der Waals surface area (Å²) in [6, 6.07) is 9.87. The molecule has 7 aromatic heterocycles. The van der Waals surface area contributed by atoms with Crippen molar-refractivity contribution in [3.63, 3.8) is 0 Å². The minimum atomic E-state index is -1.36. The number of thiazole rings is 6. The minimum absolute atomic E-state index is 0.00968. The fourth-order valence-corrected chi connectivity index (χ4v) is 15.0. The number of fused-ring (bicyclic) bond motifs is 14. The molecule has 0 radical (unpaired) electrons. The van der Waals surface area contributed by atoms with Gasteiger partial charge >= 0.3 is 18.0 Å². The number of aryl methyl sites for hydroxylation is 1. The van der Waals surface area contributed by atoms with E-state index in [0.717, 1.165) is 50.2 Å². The number of carbonyl (C=O) groups excluding carboxylic acids is 6. The SMILES string of the molecule is CNC(=O)C[C@@H]1NC(=O)c2csc(n2)-c2ccc(-c3nc(N(CC(=O)O)C(=O)OC4CC(C(=O)O)C4)cs3)nc2-c2csc(n2)-c2csc(n2)[C@H]([C@@H](O)c2ccccc2)NC(=O)CNC(=O)c2nc(sc2COC)C(C(C)C)CC(=O)c2nc1sc2C. The smallest absolute Gasteiger partial charge is 0.416 e. The number of aromatic nitrogens is 7. The first-order valence-corrected chi connectivity index (χ1v) is 32.0. The molecule has 1 aliphatic carbocycles. The van der Waals surface area contributed by atoms with Crippen LogP contribution in [-0.4, -0.2) is 131 Å². The molecular weight excluding hydrogens is 1240 g/mol. The predicted octanol–water partition coefficient (Wildman–Crippen LogP) is 8.09. The number of methoxy groups -OCH3 is 1. The van der Waals surface area contributed by atoms with Crippen LogP contribution in [0.25, 0.3) is 43.4 Å². The van der Waals surface area contributed by atoms with Crippen LogP contribution in [-0.2, 0) is 35.3 Å². The normalized spacial score (nSPS) is 18.6. The highest BCUT2D eigenvalue weighted by atomic mass is 32.1. The van der Waals surface area contributed by atoms with Gasteiger partial charge in [-0.3, -0.25) is 33.6 Å². The standard InChI is InChI=1S/C56H54N12O13S6/c1-24(2)30-15-36(69)42-25(3)86-53(66-42)32(16-39(70)57-4)60-47(75)34-21-82-49(62-34)29-11-12-31(51-64-38(23-85-51)68(18-41(72)73)56(79)81-28-13-27(14-28)55(77)78)59-43(29)33-20-83-52(61-33)35-22-84-54(63-35)45(46(74)26-9-7-6-8-10-26)65-40(71)17-58-48(76)44-37(19-80-5)87-50(30)67-44/h6-12,20-24,27-28,30,32,45-46,74H,13-19H2,1-5H3,(H,57,70)(H,58,76)(H,60,75)(H,65,71)(H,72,73)(H,77,78)/t27?,28?,30?,32-,45-,46-/m0/s1. The zero-order valence-electron chi connectivity index (χ0n) is 46.8. The molecule has 10 rings (SSSR count). The highest BCUT2D eigenvalue weighted by Gasteiger charge is 2.39. The molecule has 0 saturated heterocycles. The summed E-state index contributed by atoms with van der Waals surface area (Å²) >= 11 is 6.90. The minimum Gasteiger partial charge on any atom is -0.481 e. The molecule has 4 atom stereocenters. The summed E-state index contributed by atoms with van der Waals surface area (Å²) in [7, 11) is 2.93. The largest absolute Gasteiger partial charge is 0.481 e. The molecule has 0 spiro atoms. The number of pyridine rings is 1. The number of benzene rings is 1. The fraction of sp³-hybridized carbons (Fsp3) is 0.339. The van der Waals surface area contributed by atoms with E-state index in [4.69, 9.17) is 39.4 Å². The lowest BCUT2D eigenvalue weighted by atomic mass is 9.82. The van der Waals surface area contributed by atoms with E-state index in [9.17, 15) is 53.7 Å². The van der Waals surface area contributed by atoms with Crippen molar-refractivity contribution in [2.45, 2.75) is 83.3 Å². The molecule has 5 amide bonds. The Morgan fingerprint density at radius 1 is 0.747 bits per heavy atom. The second-order valence-electron chi connectivity index (χ2n) is 20.4. The predicted molar refractivity (Wildman–Crippen MR) is 324 cm³/mol. The Labute approximate surface area is 519 Å². The lowest BCUT2D eigenvalue weighted by molar-refractivity contribution is -0.148. The maximum Gasteiger partial charge on any atom is 0.416 e. The van der Waals surface area contributed by atoms with Gasteiger partial charge in [-0.05, 0) is 43.4 Å². The molecule has 2 aliphatic rings. The van der Waals surface area contributed by atoms with Gasteiger partial charge in [0.05, 0.1) is 47.1 Å². The van der Waals surface area contributed by atoms with Gasteiger partial charge in [0, 0.05) is 58.5 Å². The molecule has 1 unspecified atom stereocenters. The van der Waals surface area contributed by atoms with Crippen molar-refractivity contribution in [1.82, 2.24) is 56.2 Å². The average molecular weight is 1300 g/mol. The summed E-state index contributed by atoms with van der Waals surface area (Å²) in [4.78, 5) is 142. The summed E-state index contributed by atoms with van der Waals surface area (Å²) in [5.41, 5.74) is 2.25. The van der Waals surface area contributed by atoms with Gasteiger partial charge in [0.1, 0.15) is 89.8 Å². The number of amides is 5. The zero-order valence-corrected chi connectivity index (χ0v) is 51.7. The number of hydrogen-bond donors (Lipinski definition) is 7. The number of aliphatic carboxylic acids is 2. The number of rotatable bonds is 13. The number of ether oxygens (including phenoxy) is 2. The number of aliphatic hydroxyl groups excluding tert-OH is 1. The van der Waals surface area contributed by atoms with Gasteiger partial charge in [-0.2, -0.15) is 0 Å². The van der Waals surface area contributed by atoms with E-state index in [1.165, 1.54) is 47.6 Å². The van der Waals surface area contributed by atoms with Crippen molar-refractivity contribution in [3.8, 4) is 43.4 Å². The first kappa shape index (κ1) is 61.9. The summed E-state index contributed by atoms with van der Waals surface area (Å²) in [5, 5.41) is 50.6. The highest BCUT2D eigenvalue weighted by Crippen LogP contribution is 2.41. The second kappa shape index (κ2) is 26.8. The van der Waals surface area contributed by atoms with Crippen molar-refractivity contribution < 1.29 is 63.1 Å². The Hall–Kier alpha value is -8.17. The van der Waals surface area contributed by atoms with Crippen LogP contribution in [0.4, 0.5) is 10.6 Å². The number of hydrogen-bond acceptors (Lipinski definition) is 24. The van der Waals surface area contributed by atoms with Gasteiger partial charge in [-0.1, -0.05) is 44.2 Å². The molecule has 10 bridgehead atoms. The molecule has 1 saturated carbocycles. The Kier molecular flexibility index (Phi) is 19.1. The number of nitrogens with zero attached hydrogens (tertiary/aromatic N) is 8. The first-order valence-electron chi connectivity index (χ1n) is 26.8. The molecular formula is C56H54N12O13S6. The van der Waals surface area contributed by atoms with E-state index in [2.05, 4.69) is 26.3 Å². The third-order valence-corrected chi connectivity index (χ3v) is 19.9. The summed E-state index contributed by atoms with van der Waals surface area (Å²) in [6.45, 7) is 4.25. The number of anilines is 1. The lowest BCUT2D eigenvalue weighted by Gasteiger charge is -2.32. The van der Waals surface area contributed by atoms with Crippen molar-refractivity contribution in [1.29, 1.82) is 0 Å². The van der Waals surface area contributed by atoms with Crippen LogP contribution in [0.2, 0.25) is 0 Å². The molecule has 1 fully saturated rings. The maximum atomic E-state index is 14.4. The molecule has 7 N–H and O–H groups in total. The number of nitrogens with one attached hydrogen (secondary N) is 4. The molecule has 452 valence electrons. The molecule has 1 aromatic carbocycles. The third kappa shape index (κ3) is 14.0. The van der Waals surface area contributed by atoms with E-state index in [1.807, 2.05) is 13.8 Å². The van der Waals surface area contributed by atoms with Crippen LogP contribution in [0.1, 0.15) is 125 Å². The van der Waals surface area contributed by atoms with Crippen LogP contribution in [0.3, 0.4) is 0 Å². The van der Waals surface area contributed by atoms with Gasteiger partial charge in [0.15, 0.2) is 5.78 Å². The fourth-order valence-electron chi connectivity index (χ4n) is 9.40. The zero-order chi connectivity index (χ0) is 61.8. The van der Waals surface area contributed by atoms with Crippen LogP contribution in [0.5, 0.6) is 0 Å². The Bertz CT molecular complexity index is 3920. The van der Waals surface area contributed by atoms with E-state index in [0.29, 0.717) is 57.3 Å². The van der Waals surface area contributed by atoms with Crippen LogP contribution in [0, 0.1) is 18.8 Å². The van der Waals surface area contributed by atoms with Gasteiger partial charge in [0.25, 0.3) is 11.8 Å². The Morgan fingerprint density at radius 2 is 1.45 bits per heavy atom. The third-order valence-electron chi connectivity index (χ3n) is 14.1. The average Bonchev–Trinajstić information content (AvgIpc) is 2.03. The number of carbonyl (C=O) groups is 8. The van der Waals surface area contributed by atoms with Crippen molar-refractivity contribution in [2.24, 2.45) is 11.8 Å². The maximum absolute atomic E-state index is 14.4.